The zero-order valence-corrected chi connectivity index (χ0v) is 16.4. The van der Waals surface area contributed by atoms with Crippen LogP contribution >= 0.6 is 0 Å². The standard InChI is InChI=1S/C21H26N2O3S/c1-2-20(18-8-4-3-5-9-18)22-21(24)19-12-10-17(11-13-19)16-27(25,26)23-14-6-7-15-23/h3-5,8-13,20H,2,6-7,14-16H2,1H3,(H,22,24). The van der Waals surface area contributed by atoms with Gasteiger partial charge < -0.3 is 5.32 Å². The summed E-state index contributed by atoms with van der Waals surface area (Å²) in [5, 5.41) is 3.05. The van der Waals surface area contributed by atoms with E-state index in [0.717, 1.165) is 24.8 Å². The third kappa shape index (κ3) is 4.96. The highest BCUT2D eigenvalue weighted by Gasteiger charge is 2.25. The first-order chi connectivity index (χ1) is 13.0. The lowest BCUT2D eigenvalue weighted by atomic mass is 10.0. The topological polar surface area (TPSA) is 66.5 Å². The molecule has 2 aromatic carbocycles. The van der Waals surface area contributed by atoms with E-state index in [0.29, 0.717) is 24.2 Å². The lowest BCUT2D eigenvalue weighted by molar-refractivity contribution is 0.0935. The number of rotatable bonds is 7. The van der Waals surface area contributed by atoms with Crippen LogP contribution in [0.3, 0.4) is 0 Å². The van der Waals surface area contributed by atoms with Crippen LogP contribution < -0.4 is 5.32 Å². The number of amides is 1. The number of hydrogen-bond acceptors (Lipinski definition) is 3. The van der Waals surface area contributed by atoms with Crippen LogP contribution in [0.4, 0.5) is 0 Å². The molecule has 144 valence electrons. The quantitative estimate of drug-likeness (QED) is 0.792. The van der Waals surface area contributed by atoms with Gasteiger partial charge in [-0.15, -0.1) is 0 Å². The van der Waals surface area contributed by atoms with E-state index >= 15 is 0 Å². The molecule has 5 nitrogen and oxygen atoms in total. The summed E-state index contributed by atoms with van der Waals surface area (Å²) in [4.78, 5) is 12.6. The number of sulfonamides is 1. The number of benzene rings is 2. The molecule has 27 heavy (non-hydrogen) atoms. The minimum absolute atomic E-state index is 0.0174. The first kappa shape index (κ1) is 19.6. The van der Waals surface area contributed by atoms with Crippen molar-refractivity contribution in [2.75, 3.05) is 13.1 Å². The first-order valence-corrected chi connectivity index (χ1v) is 11.0. The Morgan fingerprint density at radius 3 is 2.26 bits per heavy atom. The highest BCUT2D eigenvalue weighted by Crippen LogP contribution is 2.19. The van der Waals surface area contributed by atoms with Crippen molar-refractivity contribution in [1.29, 1.82) is 0 Å². The summed E-state index contributed by atoms with van der Waals surface area (Å²) in [5.74, 6) is -0.170. The molecule has 1 atom stereocenters. The van der Waals surface area contributed by atoms with Crippen molar-refractivity contribution < 1.29 is 13.2 Å². The van der Waals surface area contributed by atoms with Crippen LogP contribution in [0.1, 0.15) is 53.7 Å². The molecule has 1 amide bonds. The molecular weight excluding hydrogens is 360 g/mol. The van der Waals surface area contributed by atoms with Crippen LogP contribution in [-0.4, -0.2) is 31.7 Å². The van der Waals surface area contributed by atoms with Crippen LogP contribution in [0.15, 0.2) is 54.6 Å². The van der Waals surface area contributed by atoms with Gasteiger partial charge in [0.2, 0.25) is 10.0 Å². The Balaban J connectivity index is 1.65. The van der Waals surface area contributed by atoms with Gasteiger partial charge in [0, 0.05) is 18.7 Å². The van der Waals surface area contributed by atoms with E-state index in [4.69, 9.17) is 0 Å². The van der Waals surface area contributed by atoms with Gasteiger partial charge >= 0.3 is 0 Å². The Morgan fingerprint density at radius 2 is 1.67 bits per heavy atom. The molecule has 0 bridgehead atoms. The van der Waals surface area contributed by atoms with E-state index in [1.807, 2.05) is 37.3 Å². The molecule has 1 N–H and O–H groups in total. The minimum Gasteiger partial charge on any atom is -0.345 e. The van der Waals surface area contributed by atoms with Crippen molar-refractivity contribution in [1.82, 2.24) is 9.62 Å². The van der Waals surface area contributed by atoms with Gasteiger partial charge in [-0.1, -0.05) is 49.4 Å². The Hall–Kier alpha value is -2.18. The lowest BCUT2D eigenvalue weighted by Gasteiger charge is -2.18. The van der Waals surface area contributed by atoms with Crippen molar-refractivity contribution in [3.05, 3.63) is 71.3 Å². The lowest BCUT2D eigenvalue weighted by Crippen LogP contribution is -2.29. The average Bonchev–Trinajstić information content (AvgIpc) is 3.23. The number of hydrogen-bond donors (Lipinski definition) is 1. The zero-order chi connectivity index (χ0) is 19.3. The number of nitrogens with zero attached hydrogens (tertiary/aromatic N) is 1. The van der Waals surface area contributed by atoms with Gasteiger partial charge in [0.15, 0.2) is 0 Å². The maximum absolute atomic E-state index is 12.6. The Kier molecular flexibility index (Phi) is 6.29. The molecule has 1 fully saturated rings. The monoisotopic (exact) mass is 386 g/mol. The second kappa shape index (κ2) is 8.67. The maximum Gasteiger partial charge on any atom is 0.251 e. The smallest absolute Gasteiger partial charge is 0.251 e. The molecule has 3 rings (SSSR count). The van der Waals surface area contributed by atoms with Crippen molar-refractivity contribution >= 4 is 15.9 Å². The summed E-state index contributed by atoms with van der Waals surface area (Å²) in [5.41, 5.74) is 2.31. The minimum atomic E-state index is -3.27. The zero-order valence-electron chi connectivity index (χ0n) is 15.6. The fraction of sp³-hybridized carbons (Fsp3) is 0.381. The average molecular weight is 387 g/mol. The van der Waals surface area contributed by atoms with Crippen molar-refractivity contribution in [3.63, 3.8) is 0 Å². The second-order valence-electron chi connectivity index (χ2n) is 6.90. The van der Waals surface area contributed by atoms with E-state index in [1.54, 1.807) is 28.6 Å². The highest BCUT2D eigenvalue weighted by atomic mass is 32.2. The molecule has 0 radical (unpaired) electrons. The fourth-order valence-corrected chi connectivity index (χ4v) is 4.98. The highest BCUT2D eigenvalue weighted by molar-refractivity contribution is 7.88. The Labute approximate surface area is 161 Å². The van der Waals surface area contributed by atoms with Crippen molar-refractivity contribution in [2.24, 2.45) is 0 Å². The van der Waals surface area contributed by atoms with E-state index in [9.17, 15) is 13.2 Å². The van der Waals surface area contributed by atoms with Gasteiger partial charge in [-0.05, 0) is 42.5 Å². The van der Waals surface area contributed by atoms with Gasteiger partial charge in [-0.2, -0.15) is 0 Å². The van der Waals surface area contributed by atoms with Crippen LogP contribution in [0.5, 0.6) is 0 Å². The number of nitrogens with one attached hydrogen (secondary N) is 1. The first-order valence-electron chi connectivity index (χ1n) is 9.42. The van der Waals surface area contributed by atoms with E-state index in [1.165, 1.54) is 0 Å². The van der Waals surface area contributed by atoms with E-state index < -0.39 is 10.0 Å². The van der Waals surface area contributed by atoms with E-state index in [2.05, 4.69) is 5.32 Å². The van der Waals surface area contributed by atoms with Crippen molar-refractivity contribution in [2.45, 2.75) is 38.0 Å². The largest absolute Gasteiger partial charge is 0.345 e. The SMILES string of the molecule is CCC(NC(=O)c1ccc(CS(=O)(=O)N2CCCC2)cc1)c1ccccc1. The normalized spacial score (nSPS) is 16.2. The molecule has 1 aliphatic heterocycles. The van der Waals surface area contributed by atoms with Gasteiger partial charge in [-0.25, -0.2) is 12.7 Å². The van der Waals surface area contributed by atoms with E-state index in [-0.39, 0.29) is 17.7 Å². The Bertz CT molecular complexity index is 858. The molecular formula is C21H26N2O3S. The molecule has 1 unspecified atom stereocenters. The van der Waals surface area contributed by atoms with Crippen LogP contribution in [0.25, 0.3) is 0 Å². The summed E-state index contributed by atoms with van der Waals surface area (Å²) in [6.45, 7) is 3.26. The molecule has 0 saturated carbocycles. The number of carbonyl (C=O) groups excluding carboxylic acids is 1. The molecule has 0 spiro atoms. The molecule has 1 saturated heterocycles. The summed E-state index contributed by atoms with van der Waals surface area (Å²) in [6.07, 6.45) is 2.65. The molecule has 0 aliphatic carbocycles. The second-order valence-corrected chi connectivity index (χ2v) is 8.87. The van der Waals surface area contributed by atoms with Gasteiger partial charge in [0.05, 0.1) is 11.8 Å². The molecule has 2 aromatic rings. The van der Waals surface area contributed by atoms with Crippen molar-refractivity contribution in [3.8, 4) is 0 Å². The summed E-state index contributed by atoms with van der Waals surface area (Å²) in [7, 11) is -3.27. The third-order valence-electron chi connectivity index (χ3n) is 4.94. The predicted molar refractivity (Wildman–Crippen MR) is 107 cm³/mol. The van der Waals surface area contributed by atoms with Crippen LogP contribution in [0.2, 0.25) is 0 Å². The molecule has 0 aromatic heterocycles. The predicted octanol–water partition coefficient (Wildman–Crippen LogP) is 3.49. The van der Waals surface area contributed by atoms with Crippen LogP contribution in [0, 0.1) is 0 Å². The number of carbonyl (C=O) groups is 1. The van der Waals surface area contributed by atoms with Gasteiger partial charge in [-0.3, -0.25) is 4.79 Å². The van der Waals surface area contributed by atoms with Crippen LogP contribution in [-0.2, 0) is 15.8 Å². The summed E-state index contributed by atoms with van der Waals surface area (Å²) in [6, 6.07) is 16.7. The fourth-order valence-electron chi connectivity index (χ4n) is 3.37. The van der Waals surface area contributed by atoms with Gasteiger partial charge in [0.1, 0.15) is 0 Å². The summed E-state index contributed by atoms with van der Waals surface area (Å²) >= 11 is 0. The molecule has 6 heteroatoms. The van der Waals surface area contributed by atoms with Gasteiger partial charge in [0.25, 0.3) is 5.91 Å². The molecule has 1 aliphatic rings. The summed E-state index contributed by atoms with van der Waals surface area (Å²) < 4.78 is 26.4. The third-order valence-corrected chi connectivity index (χ3v) is 6.79. The maximum atomic E-state index is 12.6. The Morgan fingerprint density at radius 1 is 1.04 bits per heavy atom. The molecule has 1 heterocycles.